The number of hydrogen-bond donors (Lipinski definition) is 1. The Morgan fingerprint density at radius 1 is 1.43 bits per heavy atom. The van der Waals surface area contributed by atoms with Crippen LogP contribution in [0.3, 0.4) is 0 Å². The maximum absolute atomic E-state index is 12.7. The van der Waals surface area contributed by atoms with Crippen LogP contribution in [0, 0.1) is 17.1 Å². The van der Waals surface area contributed by atoms with Gasteiger partial charge in [0.15, 0.2) is 0 Å². The normalized spacial score (nSPS) is 30.1. The maximum Gasteiger partial charge on any atom is 0.123 e. The van der Waals surface area contributed by atoms with Crippen molar-refractivity contribution in [3.05, 3.63) is 35.6 Å². The predicted octanol–water partition coefficient (Wildman–Crippen LogP) is 3.14. The van der Waals surface area contributed by atoms with E-state index in [1.807, 2.05) is 19.1 Å². The van der Waals surface area contributed by atoms with Crippen molar-refractivity contribution in [2.75, 3.05) is 0 Å². The van der Waals surface area contributed by atoms with Gasteiger partial charge < -0.3 is 5.41 Å². The molecule has 74 valence electrons. The second-order valence-corrected chi connectivity index (χ2v) is 4.36. The Hall–Kier alpha value is -1.18. The lowest BCUT2D eigenvalue weighted by Gasteiger charge is -2.10. The SMILES string of the molecule is CC(=N)[C@@H]1C[C@@]1(C)c1ccc(F)cc1. The van der Waals surface area contributed by atoms with E-state index < -0.39 is 0 Å². The van der Waals surface area contributed by atoms with Crippen LogP contribution in [0.2, 0.25) is 0 Å². The Morgan fingerprint density at radius 3 is 2.43 bits per heavy atom. The highest BCUT2D eigenvalue weighted by atomic mass is 19.1. The third-order valence-corrected chi connectivity index (χ3v) is 3.26. The molecule has 1 aromatic rings. The average molecular weight is 191 g/mol. The molecule has 0 spiro atoms. The molecule has 1 aliphatic rings. The maximum atomic E-state index is 12.7. The van der Waals surface area contributed by atoms with Crippen LogP contribution in [0.1, 0.15) is 25.8 Å². The lowest BCUT2D eigenvalue weighted by Crippen LogP contribution is -2.08. The summed E-state index contributed by atoms with van der Waals surface area (Å²) >= 11 is 0. The fraction of sp³-hybridized carbons (Fsp3) is 0.417. The van der Waals surface area contributed by atoms with Gasteiger partial charge in [0, 0.05) is 17.0 Å². The molecule has 1 saturated carbocycles. The molecular formula is C12H14FN. The van der Waals surface area contributed by atoms with Crippen molar-refractivity contribution in [2.24, 2.45) is 5.92 Å². The van der Waals surface area contributed by atoms with E-state index >= 15 is 0 Å². The first-order valence-electron chi connectivity index (χ1n) is 4.85. The number of benzene rings is 1. The summed E-state index contributed by atoms with van der Waals surface area (Å²) in [5.41, 5.74) is 1.96. The molecule has 1 aliphatic carbocycles. The van der Waals surface area contributed by atoms with E-state index in [0.717, 1.165) is 17.7 Å². The molecule has 2 rings (SSSR count). The Kier molecular flexibility index (Phi) is 1.95. The summed E-state index contributed by atoms with van der Waals surface area (Å²) in [4.78, 5) is 0. The number of halogens is 1. The van der Waals surface area contributed by atoms with Crippen molar-refractivity contribution in [3.63, 3.8) is 0 Å². The van der Waals surface area contributed by atoms with Crippen LogP contribution >= 0.6 is 0 Å². The van der Waals surface area contributed by atoms with Gasteiger partial charge in [-0.25, -0.2) is 4.39 Å². The molecule has 0 radical (unpaired) electrons. The van der Waals surface area contributed by atoms with E-state index in [1.54, 1.807) is 0 Å². The largest absolute Gasteiger partial charge is 0.310 e. The fourth-order valence-corrected chi connectivity index (χ4v) is 2.15. The Labute approximate surface area is 83.5 Å². The monoisotopic (exact) mass is 191 g/mol. The molecular weight excluding hydrogens is 177 g/mol. The second kappa shape index (κ2) is 2.91. The zero-order valence-corrected chi connectivity index (χ0v) is 8.47. The van der Waals surface area contributed by atoms with Gasteiger partial charge in [-0.15, -0.1) is 0 Å². The molecule has 0 heterocycles. The Balaban J connectivity index is 2.25. The smallest absolute Gasteiger partial charge is 0.123 e. The zero-order valence-electron chi connectivity index (χ0n) is 8.47. The zero-order chi connectivity index (χ0) is 10.3. The molecule has 2 atom stereocenters. The highest BCUT2D eigenvalue weighted by molar-refractivity contribution is 5.86. The van der Waals surface area contributed by atoms with E-state index in [1.165, 1.54) is 12.1 Å². The first-order chi connectivity index (χ1) is 6.54. The molecule has 0 unspecified atom stereocenters. The van der Waals surface area contributed by atoms with Gasteiger partial charge in [-0.05, 0) is 31.0 Å². The van der Waals surface area contributed by atoms with Gasteiger partial charge in [0.2, 0.25) is 0 Å². The lowest BCUT2D eigenvalue weighted by atomic mass is 9.94. The molecule has 14 heavy (non-hydrogen) atoms. The van der Waals surface area contributed by atoms with E-state index in [2.05, 4.69) is 6.92 Å². The van der Waals surface area contributed by atoms with Crippen LogP contribution in [0.25, 0.3) is 0 Å². The van der Waals surface area contributed by atoms with Crippen LogP contribution in [0.15, 0.2) is 24.3 Å². The summed E-state index contributed by atoms with van der Waals surface area (Å²) in [5.74, 6) is 0.161. The van der Waals surface area contributed by atoms with Crippen molar-refractivity contribution >= 4 is 5.71 Å². The van der Waals surface area contributed by atoms with Crippen LogP contribution < -0.4 is 0 Å². The van der Waals surface area contributed by atoms with Crippen molar-refractivity contribution in [1.82, 2.24) is 0 Å². The molecule has 0 aliphatic heterocycles. The van der Waals surface area contributed by atoms with Crippen LogP contribution in [0.4, 0.5) is 4.39 Å². The molecule has 1 nitrogen and oxygen atoms in total. The minimum atomic E-state index is -0.193. The summed E-state index contributed by atoms with van der Waals surface area (Å²) in [6, 6.07) is 6.65. The minimum Gasteiger partial charge on any atom is -0.310 e. The Morgan fingerprint density at radius 2 is 2.00 bits per heavy atom. The highest BCUT2D eigenvalue weighted by Crippen LogP contribution is 2.54. The molecule has 0 amide bonds. The molecule has 2 heteroatoms. The third kappa shape index (κ3) is 1.35. The number of nitrogens with one attached hydrogen (secondary N) is 1. The summed E-state index contributed by atoms with van der Waals surface area (Å²) in [6.45, 7) is 3.99. The molecule has 0 bridgehead atoms. The predicted molar refractivity (Wildman–Crippen MR) is 55.3 cm³/mol. The molecule has 0 aromatic heterocycles. The quantitative estimate of drug-likeness (QED) is 0.694. The van der Waals surface area contributed by atoms with Gasteiger partial charge >= 0.3 is 0 Å². The molecule has 1 N–H and O–H groups in total. The third-order valence-electron chi connectivity index (χ3n) is 3.26. The van der Waals surface area contributed by atoms with Gasteiger partial charge in [-0.2, -0.15) is 0 Å². The molecule has 0 saturated heterocycles. The number of hydrogen-bond acceptors (Lipinski definition) is 1. The average Bonchev–Trinajstić information content (AvgIpc) is 2.80. The summed E-state index contributed by atoms with van der Waals surface area (Å²) in [5, 5.41) is 7.58. The summed E-state index contributed by atoms with van der Waals surface area (Å²) in [6.07, 6.45) is 1.02. The standard InChI is InChI=1S/C12H14FN/c1-8(14)11-7-12(11,2)9-3-5-10(13)6-4-9/h3-6,11,14H,7H2,1-2H3/t11-,12-/m0/s1. The number of rotatable bonds is 2. The van der Waals surface area contributed by atoms with Gasteiger partial charge in [-0.1, -0.05) is 19.1 Å². The molecule has 1 fully saturated rings. The van der Waals surface area contributed by atoms with E-state index in [9.17, 15) is 4.39 Å². The fourth-order valence-electron chi connectivity index (χ4n) is 2.15. The van der Waals surface area contributed by atoms with Crippen molar-refractivity contribution in [1.29, 1.82) is 5.41 Å². The molecule has 1 aromatic carbocycles. The topological polar surface area (TPSA) is 23.9 Å². The van der Waals surface area contributed by atoms with E-state index in [4.69, 9.17) is 5.41 Å². The van der Waals surface area contributed by atoms with Crippen molar-refractivity contribution in [3.8, 4) is 0 Å². The lowest BCUT2D eigenvalue weighted by molar-refractivity contribution is 0.624. The van der Waals surface area contributed by atoms with Crippen molar-refractivity contribution in [2.45, 2.75) is 25.7 Å². The van der Waals surface area contributed by atoms with Crippen LogP contribution in [-0.2, 0) is 5.41 Å². The summed E-state index contributed by atoms with van der Waals surface area (Å²) < 4.78 is 12.7. The second-order valence-electron chi connectivity index (χ2n) is 4.36. The first kappa shape index (κ1) is 9.38. The van der Waals surface area contributed by atoms with Gasteiger partial charge in [-0.3, -0.25) is 0 Å². The first-order valence-corrected chi connectivity index (χ1v) is 4.85. The van der Waals surface area contributed by atoms with Gasteiger partial charge in [0.25, 0.3) is 0 Å². The van der Waals surface area contributed by atoms with Crippen LogP contribution in [-0.4, -0.2) is 5.71 Å². The van der Waals surface area contributed by atoms with E-state index in [0.29, 0.717) is 5.92 Å². The van der Waals surface area contributed by atoms with E-state index in [-0.39, 0.29) is 11.2 Å². The highest BCUT2D eigenvalue weighted by Gasteiger charge is 2.52. The van der Waals surface area contributed by atoms with Gasteiger partial charge in [0.1, 0.15) is 5.82 Å². The van der Waals surface area contributed by atoms with Crippen molar-refractivity contribution < 1.29 is 4.39 Å². The minimum absolute atomic E-state index is 0.0829. The van der Waals surface area contributed by atoms with Gasteiger partial charge in [0.05, 0.1) is 0 Å². The summed E-state index contributed by atoms with van der Waals surface area (Å²) in [7, 11) is 0. The Bertz CT molecular complexity index is 368. The van der Waals surface area contributed by atoms with Crippen LogP contribution in [0.5, 0.6) is 0 Å².